The highest BCUT2D eigenvalue weighted by molar-refractivity contribution is 8.13. The van der Waals surface area contributed by atoms with Gasteiger partial charge in [0.05, 0.1) is 0 Å². The predicted molar refractivity (Wildman–Crippen MR) is 98.8 cm³/mol. The van der Waals surface area contributed by atoms with Gasteiger partial charge in [0.2, 0.25) is 0 Å². The van der Waals surface area contributed by atoms with Crippen molar-refractivity contribution >= 4 is 28.8 Å². The molecule has 1 aromatic carbocycles. The molecule has 132 valence electrons. The Kier molecular flexibility index (Phi) is 7.95. The SMILES string of the molecule is CSC(=O)Nc1cccc(OC(=O)NCCCC2CCCCC2)c1. The van der Waals surface area contributed by atoms with E-state index in [0.717, 1.165) is 24.1 Å². The van der Waals surface area contributed by atoms with Crippen LogP contribution in [0.15, 0.2) is 24.3 Å². The molecule has 1 aliphatic rings. The van der Waals surface area contributed by atoms with E-state index in [2.05, 4.69) is 10.6 Å². The molecule has 0 atom stereocenters. The van der Waals surface area contributed by atoms with Crippen molar-refractivity contribution in [1.29, 1.82) is 0 Å². The molecule has 6 heteroatoms. The van der Waals surface area contributed by atoms with Crippen LogP contribution in [0.3, 0.4) is 0 Å². The molecule has 24 heavy (non-hydrogen) atoms. The van der Waals surface area contributed by atoms with Gasteiger partial charge in [0.25, 0.3) is 5.24 Å². The van der Waals surface area contributed by atoms with Crippen molar-refractivity contribution in [3.63, 3.8) is 0 Å². The molecule has 2 amide bonds. The Bertz CT molecular complexity index is 545. The molecule has 0 bridgehead atoms. The van der Waals surface area contributed by atoms with Crippen LogP contribution < -0.4 is 15.4 Å². The van der Waals surface area contributed by atoms with Crippen LogP contribution in [0.5, 0.6) is 5.75 Å². The Hall–Kier alpha value is -1.69. The molecule has 0 radical (unpaired) electrons. The quantitative estimate of drug-likeness (QED) is 0.706. The summed E-state index contributed by atoms with van der Waals surface area (Å²) in [7, 11) is 0. The van der Waals surface area contributed by atoms with Crippen LogP contribution in [-0.4, -0.2) is 24.1 Å². The highest BCUT2D eigenvalue weighted by Crippen LogP contribution is 2.27. The number of hydrogen-bond donors (Lipinski definition) is 2. The summed E-state index contributed by atoms with van der Waals surface area (Å²) in [6.45, 7) is 0.637. The Morgan fingerprint density at radius 3 is 2.79 bits per heavy atom. The normalized spacial score (nSPS) is 14.9. The van der Waals surface area contributed by atoms with Gasteiger partial charge in [-0.1, -0.05) is 49.9 Å². The number of amides is 2. The van der Waals surface area contributed by atoms with E-state index in [1.165, 1.54) is 38.5 Å². The second kappa shape index (κ2) is 10.2. The van der Waals surface area contributed by atoms with Crippen LogP contribution in [0.1, 0.15) is 44.9 Å². The van der Waals surface area contributed by atoms with Crippen molar-refractivity contribution in [1.82, 2.24) is 5.32 Å². The first-order valence-corrected chi connectivity index (χ1v) is 9.80. The Morgan fingerprint density at radius 1 is 1.25 bits per heavy atom. The summed E-state index contributed by atoms with van der Waals surface area (Å²) in [5.74, 6) is 1.24. The van der Waals surface area contributed by atoms with E-state index in [9.17, 15) is 9.59 Å². The molecular formula is C18H26N2O3S. The summed E-state index contributed by atoms with van der Waals surface area (Å²) >= 11 is 1.09. The summed E-state index contributed by atoms with van der Waals surface area (Å²) in [6, 6.07) is 6.82. The number of carbonyl (C=O) groups is 2. The number of thioether (sulfide) groups is 1. The number of carbonyl (C=O) groups excluding carboxylic acids is 2. The first kappa shape index (κ1) is 18.6. The van der Waals surface area contributed by atoms with Gasteiger partial charge in [0.1, 0.15) is 5.75 Å². The van der Waals surface area contributed by atoms with Crippen molar-refractivity contribution in [2.24, 2.45) is 5.92 Å². The third-order valence-electron chi connectivity index (χ3n) is 4.26. The van der Waals surface area contributed by atoms with Crippen molar-refractivity contribution in [2.75, 3.05) is 18.1 Å². The van der Waals surface area contributed by atoms with E-state index in [-0.39, 0.29) is 5.24 Å². The standard InChI is InChI=1S/C18H26N2O3S/c1-24-18(22)20-15-10-5-11-16(13-15)23-17(21)19-12-6-9-14-7-3-2-4-8-14/h5,10-11,13-14H,2-4,6-9,12H2,1H3,(H,19,21)(H,20,22). The monoisotopic (exact) mass is 350 g/mol. The lowest BCUT2D eigenvalue weighted by molar-refractivity contribution is 0.200. The summed E-state index contributed by atoms with van der Waals surface area (Å²) < 4.78 is 5.25. The van der Waals surface area contributed by atoms with E-state index < -0.39 is 6.09 Å². The van der Waals surface area contributed by atoms with Crippen LogP contribution in [0, 0.1) is 5.92 Å². The second-order valence-electron chi connectivity index (χ2n) is 6.11. The fourth-order valence-corrected chi connectivity index (χ4v) is 3.23. The summed E-state index contributed by atoms with van der Waals surface area (Å²) in [4.78, 5) is 23.2. The first-order valence-electron chi connectivity index (χ1n) is 8.58. The second-order valence-corrected chi connectivity index (χ2v) is 6.89. The molecular weight excluding hydrogens is 324 g/mol. The zero-order valence-corrected chi connectivity index (χ0v) is 15.0. The van der Waals surface area contributed by atoms with Crippen molar-refractivity contribution in [2.45, 2.75) is 44.9 Å². The third kappa shape index (κ3) is 6.83. The van der Waals surface area contributed by atoms with Gasteiger partial charge < -0.3 is 15.4 Å². The number of ether oxygens (including phenoxy) is 1. The number of rotatable bonds is 6. The van der Waals surface area contributed by atoms with Crippen LogP contribution in [-0.2, 0) is 0 Å². The maximum atomic E-state index is 11.8. The minimum Gasteiger partial charge on any atom is -0.410 e. The average Bonchev–Trinajstić information content (AvgIpc) is 2.60. The molecule has 1 fully saturated rings. The zero-order valence-electron chi connectivity index (χ0n) is 14.2. The Balaban J connectivity index is 1.68. The molecule has 0 aliphatic heterocycles. The molecule has 1 saturated carbocycles. The summed E-state index contributed by atoms with van der Waals surface area (Å²) in [5, 5.41) is 5.34. The highest BCUT2D eigenvalue weighted by Gasteiger charge is 2.13. The highest BCUT2D eigenvalue weighted by atomic mass is 32.2. The van der Waals surface area contributed by atoms with E-state index in [1.54, 1.807) is 30.5 Å². The fourth-order valence-electron chi connectivity index (χ4n) is 3.01. The molecule has 1 aromatic rings. The summed E-state index contributed by atoms with van der Waals surface area (Å²) in [6.07, 6.45) is 10.2. The third-order valence-corrected chi connectivity index (χ3v) is 4.73. The Morgan fingerprint density at radius 2 is 2.04 bits per heavy atom. The van der Waals surface area contributed by atoms with Gasteiger partial charge in [-0.2, -0.15) is 0 Å². The molecule has 2 N–H and O–H groups in total. The average molecular weight is 350 g/mol. The number of nitrogens with one attached hydrogen (secondary N) is 2. The zero-order chi connectivity index (χ0) is 17.2. The molecule has 0 aromatic heterocycles. The predicted octanol–water partition coefficient (Wildman–Crippen LogP) is 5.03. The van der Waals surface area contributed by atoms with Gasteiger partial charge in [-0.25, -0.2) is 4.79 Å². The number of hydrogen-bond acceptors (Lipinski definition) is 4. The molecule has 5 nitrogen and oxygen atoms in total. The van der Waals surface area contributed by atoms with Crippen molar-refractivity contribution in [3.8, 4) is 5.75 Å². The lowest BCUT2D eigenvalue weighted by Crippen LogP contribution is -2.28. The van der Waals surface area contributed by atoms with E-state index >= 15 is 0 Å². The van der Waals surface area contributed by atoms with Gasteiger partial charge in [-0.3, -0.25) is 4.79 Å². The largest absolute Gasteiger partial charge is 0.412 e. The lowest BCUT2D eigenvalue weighted by Gasteiger charge is -2.21. The van der Waals surface area contributed by atoms with E-state index in [0.29, 0.717) is 18.0 Å². The van der Waals surface area contributed by atoms with Crippen LogP contribution in [0.4, 0.5) is 15.3 Å². The van der Waals surface area contributed by atoms with Gasteiger partial charge in [0, 0.05) is 18.3 Å². The molecule has 0 spiro atoms. The smallest absolute Gasteiger partial charge is 0.410 e. The molecule has 2 rings (SSSR count). The van der Waals surface area contributed by atoms with Crippen molar-refractivity contribution in [3.05, 3.63) is 24.3 Å². The van der Waals surface area contributed by atoms with E-state index in [4.69, 9.17) is 4.74 Å². The first-order chi connectivity index (χ1) is 11.7. The lowest BCUT2D eigenvalue weighted by atomic mass is 9.86. The molecule has 0 unspecified atom stereocenters. The van der Waals surface area contributed by atoms with Crippen molar-refractivity contribution < 1.29 is 14.3 Å². The van der Waals surface area contributed by atoms with Gasteiger partial charge in [0.15, 0.2) is 0 Å². The Labute approximate surface area is 147 Å². The van der Waals surface area contributed by atoms with Crippen LogP contribution >= 0.6 is 11.8 Å². The minimum absolute atomic E-state index is 0.153. The van der Waals surface area contributed by atoms with E-state index in [1.807, 2.05) is 0 Å². The van der Waals surface area contributed by atoms with Crippen LogP contribution in [0.25, 0.3) is 0 Å². The topological polar surface area (TPSA) is 67.4 Å². The molecule has 0 heterocycles. The fraction of sp³-hybridized carbons (Fsp3) is 0.556. The minimum atomic E-state index is -0.452. The molecule has 1 aliphatic carbocycles. The van der Waals surface area contributed by atoms with Gasteiger partial charge >= 0.3 is 6.09 Å². The van der Waals surface area contributed by atoms with Gasteiger partial charge in [-0.05, 0) is 37.1 Å². The van der Waals surface area contributed by atoms with Gasteiger partial charge in [-0.15, -0.1) is 0 Å². The number of anilines is 1. The maximum Gasteiger partial charge on any atom is 0.412 e. The number of benzene rings is 1. The molecule has 0 saturated heterocycles. The maximum absolute atomic E-state index is 11.8. The summed E-state index contributed by atoms with van der Waals surface area (Å²) in [5.41, 5.74) is 0.608. The van der Waals surface area contributed by atoms with Crippen LogP contribution in [0.2, 0.25) is 0 Å².